The number of likely N-dealkylation sites (tertiary alicyclic amines) is 1. The van der Waals surface area contributed by atoms with Crippen molar-refractivity contribution in [2.75, 3.05) is 33.2 Å². The van der Waals surface area contributed by atoms with Crippen molar-refractivity contribution in [3.63, 3.8) is 0 Å². The summed E-state index contributed by atoms with van der Waals surface area (Å²) in [7, 11) is 2.00. The van der Waals surface area contributed by atoms with E-state index in [1.807, 2.05) is 24.1 Å². The molecule has 1 aliphatic rings. The average molecular weight is 332 g/mol. The lowest BCUT2D eigenvalue weighted by atomic mass is 9.96. The molecule has 4 heteroatoms. The number of carbonyl (C=O) groups is 1. The molecule has 1 saturated heterocycles. The molecule has 2 rings (SSSR count). The van der Waals surface area contributed by atoms with Gasteiger partial charge in [0, 0.05) is 31.2 Å². The van der Waals surface area contributed by atoms with Crippen molar-refractivity contribution in [1.29, 1.82) is 0 Å². The molecule has 0 bridgehead atoms. The smallest absolute Gasteiger partial charge is 0.253 e. The van der Waals surface area contributed by atoms with E-state index in [-0.39, 0.29) is 5.91 Å². The van der Waals surface area contributed by atoms with Crippen molar-refractivity contribution >= 4 is 5.91 Å². The van der Waals surface area contributed by atoms with Crippen LogP contribution in [-0.4, -0.2) is 55.0 Å². The minimum absolute atomic E-state index is 0.181. The summed E-state index contributed by atoms with van der Waals surface area (Å²) in [6.07, 6.45) is 2.20. The maximum atomic E-state index is 12.7. The van der Waals surface area contributed by atoms with Gasteiger partial charge in [0.25, 0.3) is 5.91 Å². The Hall–Kier alpha value is -1.39. The first-order valence-electron chi connectivity index (χ1n) is 9.32. The Bertz CT molecular complexity index is 504. The zero-order chi connectivity index (χ0) is 17.5. The molecular weight excluding hydrogens is 298 g/mol. The van der Waals surface area contributed by atoms with Crippen LogP contribution in [0.25, 0.3) is 0 Å². The number of benzene rings is 1. The lowest BCUT2D eigenvalue weighted by Gasteiger charge is -2.32. The van der Waals surface area contributed by atoms with Gasteiger partial charge in [0.15, 0.2) is 0 Å². The Balaban J connectivity index is 1.92. The predicted molar refractivity (Wildman–Crippen MR) is 100 cm³/mol. The van der Waals surface area contributed by atoms with Crippen LogP contribution >= 0.6 is 0 Å². The Labute approximate surface area is 147 Å². The summed E-state index contributed by atoms with van der Waals surface area (Å²) < 4.78 is 0. The number of hydrogen-bond acceptors (Lipinski definition) is 3. The van der Waals surface area contributed by atoms with Crippen molar-refractivity contribution < 1.29 is 4.79 Å². The Kier molecular flexibility index (Phi) is 7.25. The Morgan fingerprint density at radius 3 is 2.38 bits per heavy atom. The van der Waals surface area contributed by atoms with Crippen molar-refractivity contribution in [1.82, 2.24) is 15.1 Å². The Morgan fingerprint density at radius 2 is 1.88 bits per heavy atom. The van der Waals surface area contributed by atoms with Gasteiger partial charge in [-0.15, -0.1) is 0 Å². The third-order valence-corrected chi connectivity index (χ3v) is 5.12. The molecule has 1 fully saturated rings. The normalized spacial score (nSPS) is 16.2. The van der Waals surface area contributed by atoms with Crippen LogP contribution in [0.4, 0.5) is 0 Å². The predicted octanol–water partition coefficient (Wildman–Crippen LogP) is 2.99. The largest absolute Gasteiger partial charge is 0.339 e. The molecule has 1 aliphatic heterocycles. The van der Waals surface area contributed by atoms with E-state index in [0.29, 0.717) is 12.0 Å². The second-order valence-corrected chi connectivity index (χ2v) is 7.15. The number of carbonyl (C=O) groups excluding carboxylic acids is 1. The quantitative estimate of drug-likeness (QED) is 0.834. The van der Waals surface area contributed by atoms with Gasteiger partial charge < -0.3 is 10.2 Å². The maximum Gasteiger partial charge on any atom is 0.253 e. The molecule has 1 aromatic rings. The summed E-state index contributed by atoms with van der Waals surface area (Å²) in [5.74, 6) is 0.887. The van der Waals surface area contributed by atoms with Crippen molar-refractivity contribution in [2.24, 2.45) is 5.92 Å². The number of rotatable bonds is 7. The molecule has 0 saturated carbocycles. The van der Waals surface area contributed by atoms with Gasteiger partial charge in [0.2, 0.25) is 0 Å². The maximum absolute atomic E-state index is 12.7. The first-order valence-corrected chi connectivity index (χ1v) is 9.32. The summed E-state index contributed by atoms with van der Waals surface area (Å²) in [4.78, 5) is 17.1. The van der Waals surface area contributed by atoms with Gasteiger partial charge in [-0.05, 0) is 70.4 Å². The second kappa shape index (κ2) is 9.19. The molecule has 0 spiro atoms. The van der Waals surface area contributed by atoms with Gasteiger partial charge >= 0.3 is 0 Å². The van der Waals surface area contributed by atoms with E-state index >= 15 is 0 Å². The van der Waals surface area contributed by atoms with Crippen LogP contribution < -0.4 is 5.32 Å². The minimum atomic E-state index is 0.181. The van der Waals surface area contributed by atoms with Crippen LogP contribution in [0.3, 0.4) is 0 Å². The van der Waals surface area contributed by atoms with E-state index in [9.17, 15) is 4.79 Å². The van der Waals surface area contributed by atoms with Crippen molar-refractivity contribution in [3.05, 3.63) is 35.4 Å². The molecular formula is C20H33N3O. The zero-order valence-corrected chi connectivity index (χ0v) is 15.7. The molecule has 0 unspecified atom stereocenters. The molecule has 4 nitrogen and oxygen atoms in total. The topological polar surface area (TPSA) is 35.6 Å². The monoisotopic (exact) mass is 331 g/mol. The third kappa shape index (κ3) is 5.05. The van der Waals surface area contributed by atoms with Crippen LogP contribution in [0.1, 0.15) is 49.5 Å². The van der Waals surface area contributed by atoms with Crippen LogP contribution in [-0.2, 0) is 6.54 Å². The molecule has 134 valence electrons. The zero-order valence-electron chi connectivity index (χ0n) is 15.7. The molecule has 0 atom stereocenters. The fourth-order valence-corrected chi connectivity index (χ4v) is 3.46. The summed E-state index contributed by atoms with van der Waals surface area (Å²) in [6.45, 7) is 11.4. The van der Waals surface area contributed by atoms with Gasteiger partial charge in [0.05, 0.1) is 0 Å². The standard InChI is InChI=1S/C20H33N3O/c1-5-22(16(2)3)15-18-6-8-19(9-7-18)20(24)23-12-10-17(11-13-23)14-21-4/h6-9,16-17,21H,5,10-15H2,1-4H3. The van der Waals surface area contributed by atoms with Crippen LogP contribution in [0, 0.1) is 5.92 Å². The molecule has 1 N–H and O–H groups in total. The van der Waals surface area contributed by atoms with Crippen molar-refractivity contribution in [2.45, 2.75) is 46.2 Å². The van der Waals surface area contributed by atoms with E-state index in [0.717, 1.165) is 51.1 Å². The molecule has 1 amide bonds. The number of amides is 1. The van der Waals surface area contributed by atoms with Gasteiger partial charge in [-0.25, -0.2) is 0 Å². The third-order valence-electron chi connectivity index (χ3n) is 5.12. The highest BCUT2D eigenvalue weighted by atomic mass is 16.2. The van der Waals surface area contributed by atoms with Gasteiger partial charge in [-0.1, -0.05) is 19.1 Å². The molecule has 1 aromatic carbocycles. The summed E-state index contributed by atoms with van der Waals surface area (Å²) in [5, 5.41) is 3.24. The fraction of sp³-hybridized carbons (Fsp3) is 0.650. The van der Waals surface area contributed by atoms with E-state index in [1.54, 1.807) is 0 Å². The number of hydrogen-bond donors (Lipinski definition) is 1. The molecule has 24 heavy (non-hydrogen) atoms. The molecule has 0 radical (unpaired) electrons. The summed E-state index contributed by atoms with van der Waals surface area (Å²) in [6, 6.07) is 8.73. The highest BCUT2D eigenvalue weighted by molar-refractivity contribution is 5.94. The second-order valence-electron chi connectivity index (χ2n) is 7.15. The highest BCUT2D eigenvalue weighted by Crippen LogP contribution is 2.19. The lowest BCUT2D eigenvalue weighted by molar-refractivity contribution is 0.0691. The number of piperidine rings is 1. The lowest BCUT2D eigenvalue weighted by Crippen LogP contribution is -2.40. The molecule has 0 aliphatic carbocycles. The van der Waals surface area contributed by atoms with Crippen LogP contribution in [0.2, 0.25) is 0 Å². The van der Waals surface area contributed by atoms with E-state index in [4.69, 9.17) is 0 Å². The summed E-state index contributed by atoms with van der Waals surface area (Å²) in [5.41, 5.74) is 2.09. The minimum Gasteiger partial charge on any atom is -0.339 e. The number of nitrogens with zero attached hydrogens (tertiary/aromatic N) is 2. The van der Waals surface area contributed by atoms with Gasteiger partial charge in [0.1, 0.15) is 0 Å². The first-order chi connectivity index (χ1) is 11.5. The van der Waals surface area contributed by atoms with E-state index in [1.165, 1.54) is 5.56 Å². The Morgan fingerprint density at radius 1 is 1.25 bits per heavy atom. The van der Waals surface area contributed by atoms with Crippen LogP contribution in [0.5, 0.6) is 0 Å². The summed E-state index contributed by atoms with van der Waals surface area (Å²) >= 11 is 0. The highest BCUT2D eigenvalue weighted by Gasteiger charge is 2.23. The molecule has 0 aromatic heterocycles. The SMILES string of the molecule is CCN(Cc1ccc(C(=O)N2CCC(CNC)CC2)cc1)C(C)C. The van der Waals surface area contributed by atoms with Crippen molar-refractivity contribution in [3.8, 4) is 0 Å². The molecule has 1 heterocycles. The number of nitrogens with one attached hydrogen (secondary N) is 1. The van der Waals surface area contributed by atoms with E-state index in [2.05, 4.69) is 43.1 Å². The average Bonchev–Trinajstić information content (AvgIpc) is 2.60. The van der Waals surface area contributed by atoms with Crippen LogP contribution in [0.15, 0.2) is 24.3 Å². The first kappa shape index (κ1) is 18.9. The fourth-order valence-electron chi connectivity index (χ4n) is 3.46. The van der Waals surface area contributed by atoms with Gasteiger partial charge in [-0.2, -0.15) is 0 Å². The van der Waals surface area contributed by atoms with E-state index < -0.39 is 0 Å². The van der Waals surface area contributed by atoms with Gasteiger partial charge in [-0.3, -0.25) is 9.69 Å².